The van der Waals surface area contributed by atoms with Crippen LogP contribution < -0.4 is 4.74 Å². The predicted molar refractivity (Wildman–Crippen MR) is 135 cm³/mol. The molecule has 1 aliphatic rings. The van der Waals surface area contributed by atoms with Crippen LogP contribution in [0.4, 0.5) is 4.39 Å². The van der Waals surface area contributed by atoms with Gasteiger partial charge in [0.2, 0.25) is 0 Å². The van der Waals surface area contributed by atoms with Crippen molar-refractivity contribution in [1.29, 1.82) is 5.26 Å². The minimum absolute atomic E-state index is 0.0789. The fourth-order valence-corrected chi connectivity index (χ4v) is 4.99. The van der Waals surface area contributed by atoms with Gasteiger partial charge in [-0.15, -0.1) is 0 Å². The number of carboxylic acids is 1. The number of rotatable bonds is 4. The molecule has 0 spiro atoms. The van der Waals surface area contributed by atoms with Gasteiger partial charge in [-0.2, -0.15) is 5.26 Å². The maximum absolute atomic E-state index is 15.4. The van der Waals surface area contributed by atoms with E-state index in [0.717, 1.165) is 17.4 Å². The normalized spacial score (nSPS) is 13.9. The number of halogens is 1. The second-order valence-corrected chi connectivity index (χ2v) is 9.97. The lowest BCUT2D eigenvalue weighted by atomic mass is 9.85. The smallest absolute Gasteiger partial charge is 0.337 e. The first-order valence-electron chi connectivity index (χ1n) is 11.7. The van der Waals surface area contributed by atoms with Crippen molar-refractivity contribution in [1.82, 2.24) is 4.98 Å². The first-order valence-corrected chi connectivity index (χ1v) is 11.7. The van der Waals surface area contributed by atoms with E-state index in [0.29, 0.717) is 45.5 Å². The molecule has 0 radical (unpaired) electrons. The molecule has 0 saturated heterocycles. The van der Waals surface area contributed by atoms with Crippen LogP contribution >= 0.6 is 0 Å². The number of nitrogens with zero attached hydrogens (tertiary/aromatic N) is 2. The number of aliphatic carboxylic acids is 1. The molecule has 36 heavy (non-hydrogen) atoms. The van der Waals surface area contributed by atoms with E-state index < -0.39 is 23.5 Å². The van der Waals surface area contributed by atoms with Gasteiger partial charge >= 0.3 is 5.97 Å². The fourth-order valence-electron chi connectivity index (χ4n) is 4.99. The Balaban J connectivity index is 1.95. The molecule has 0 saturated carbocycles. The third kappa shape index (κ3) is 3.84. The summed E-state index contributed by atoms with van der Waals surface area (Å²) in [7, 11) is 0. The number of hydrogen-bond donors (Lipinski definition) is 1. The van der Waals surface area contributed by atoms with E-state index in [-0.39, 0.29) is 10.9 Å². The summed E-state index contributed by atoms with van der Waals surface area (Å²) >= 11 is 0. The Labute approximate surface area is 207 Å². The average Bonchev–Trinajstić information content (AvgIpc) is 2.83. The molecule has 0 amide bonds. The number of aromatic nitrogens is 1. The number of hydrogen-bond acceptors (Lipinski definition) is 5. The first-order chi connectivity index (χ1) is 17.1. The van der Waals surface area contributed by atoms with E-state index in [1.54, 1.807) is 46.0 Å². The molecule has 0 aliphatic carbocycles. The molecule has 3 aromatic carbocycles. The van der Waals surface area contributed by atoms with Gasteiger partial charge in [0.25, 0.3) is 0 Å². The van der Waals surface area contributed by atoms with Crippen LogP contribution in [-0.4, -0.2) is 28.3 Å². The van der Waals surface area contributed by atoms with Crippen molar-refractivity contribution in [3.63, 3.8) is 0 Å². The van der Waals surface area contributed by atoms with Crippen molar-refractivity contribution < 1.29 is 23.8 Å². The van der Waals surface area contributed by atoms with E-state index in [1.165, 1.54) is 6.07 Å². The summed E-state index contributed by atoms with van der Waals surface area (Å²) in [5.74, 6) is -1.09. The largest absolute Gasteiger partial charge is 0.493 e. The number of nitriles is 1. The number of carboxylic acid groups (broad SMARTS) is 1. The summed E-state index contributed by atoms with van der Waals surface area (Å²) in [5, 5.41) is 21.2. The maximum Gasteiger partial charge on any atom is 0.337 e. The quantitative estimate of drug-likeness (QED) is 0.368. The molecule has 1 unspecified atom stereocenters. The first kappa shape index (κ1) is 23.7. The molecule has 0 fully saturated rings. The molecule has 0 bridgehead atoms. The highest BCUT2D eigenvalue weighted by atomic mass is 19.1. The summed E-state index contributed by atoms with van der Waals surface area (Å²) < 4.78 is 27.3. The predicted octanol–water partition coefficient (Wildman–Crippen LogP) is 6.25. The van der Waals surface area contributed by atoms with Crippen LogP contribution in [0.25, 0.3) is 32.8 Å². The van der Waals surface area contributed by atoms with Crippen molar-refractivity contribution in [3.05, 3.63) is 70.7 Å². The van der Waals surface area contributed by atoms with E-state index >= 15 is 4.39 Å². The third-order valence-electron chi connectivity index (χ3n) is 6.42. The molecule has 182 valence electrons. The Morgan fingerprint density at radius 3 is 2.69 bits per heavy atom. The SMILES string of the molecule is Cc1cc2c(F)c(C#N)ccc2c(-c2ccc3c4c(ccnc24)CCO3)c1C(OC(C)(C)C)C(=O)O. The lowest BCUT2D eigenvalue weighted by Crippen LogP contribution is -2.28. The van der Waals surface area contributed by atoms with Crippen molar-refractivity contribution in [2.45, 2.75) is 45.8 Å². The monoisotopic (exact) mass is 484 g/mol. The topological polar surface area (TPSA) is 92.4 Å². The molecule has 1 atom stereocenters. The highest BCUT2D eigenvalue weighted by Crippen LogP contribution is 2.45. The number of carbonyl (C=O) groups is 1. The average molecular weight is 485 g/mol. The van der Waals surface area contributed by atoms with Crippen LogP contribution in [0.15, 0.2) is 42.6 Å². The third-order valence-corrected chi connectivity index (χ3v) is 6.42. The second kappa shape index (κ2) is 8.58. The zero-order valence-corrected chi connectivity index (χ0v) is 20.5. The van der Waals surface area contributed by atoms with Gasteiger partial charge in [-0.3, -0.25) is 4.98 Å². The van der Waals surface area contributed by atoms with Gasteiger partial charge in [-0.1, -0.05) is 6.07 Å². The van der Waals surface area contributed by atoms with E-state index in [1.807, 2.05) is 24.3 Å². The Morgan fingerprint density at radius 1 is 1.22 bits per heavy atom. The van der Waals surface area contributed by atoms with Gasteiger partial charge in [-0.25, -0.2) is 9.18 Å². The van der Waals surface area contributed by atoms with Gasteiger partial charge in [-0.05, 0) is 80.1 Å². The number of benzene rings is 3. The lowest BCUT2D eigenvalue weighted by molar-refractivity contribution is -0.160. The molecule has 1 N–H and O–H groups in total. The van der Waals surface area contributed by atoms with Crippen LogP contribution in [0.5, 0.6) is 5.75 Å². The van der Waals surface area contributed by atoms with Crippen molar-refractivity contribution in [2.75, 3.05) is 6.61 Å². The van der Waals surface area contributed by atoms with Crippen molar-refractivity contribution in [2.24, 2.45) is 0 Å². The minimum atomic E-state index is -1.31. The molecule has 4 aromatic rings. The van der Waals surface area contributed by atoms with Crippen molar-refractivity contribution in [3.8, 4) is 22.9 Å². The van der Waals surface area contributed by atoms with E-state index in [2.05, 4.69) is 4.98 Å². The Bertz CT molecular complexity index is 1590. The summed E-state index contributed by atoms with van der Waals surface area (Å²) in [6.07, 6.45) is 1.13. The molecule has 1 aliphatic heterocycles. The van der Waals surface area contributed by atoms with Gasteiger partial charge in [0, 0.05) is 34.5 Å². The maximum atomic E-state index is 15.4. The van der Waals surface area contributed by atoms with E-state index in [4.69, 9.17) is 9.47 Å². The van der Waals surface area contributed by atoms with Gasteiger partial charge in [0.05, 0.1) is 23.3 Å². The number of pyridine rings is 1. The van der Waals surface area contributed by atoms with Gasteiger partial charge in [0.1, 0.15) is 17.6 Å². The minimum Gasteiger partial charge on any atom is -0.493 e. The standard InChI is InChI=1S/C29H25FN2O4/c1-15-13-20-18(6-5-17(14-31)25(20)30)24(22(15)27(28(33)34)36-29(2,3)4)19-7-8-21-23-16(10-12-35-21)9-11-32-26(19)23/h5-9,11,13,27H,10,12H2,1-4H3,(H,33,34). The highest BCUT2D eigenvalue weighted by molar-refractivity contribution is 6.09. The number of ether oxygens (including phenoxy) is 2. The zero-order chi connectivity index (χ0) is 25.8. The second-order valence-electron chi connectivity index (χ2n) is 9.97. The molecular formula is C29H25FN2O4. The molecule has 7 heteroatoms. The fraction of sp³-hybridized carbons (Fsp3) is 0.276. The van der Waals surface area contributed by atoms with Gasteiger partial charge in [0.15, 0.2) is 6.10 Å². The zero-order valence-electron chi connectivity index (χ0n) is 20.5. The lowest BCUT2D eigenvalue weighted by Gasteiger charge is -2.29. The van der Waals surface area contributed by atoms with Gasteiger partial charge < -0.3 is 14.6 Å². The molecular weight excluding hydrogens is 459 g/mol. The van der Waals surface area contributed by atoms with E-state index in [9.17, 15) is 15.2 Å². The molecule has 5 rings (SSSR count). The van der Waals surface area contributed by atoms with Crippen LogP contribution in [-0.2, 0) is 16.0 Å². The highest BCUT2D eigenvalue weighted by Gasteiger charge is 2.33. The van der Waals surface area contributed by atoms with Crippen LogP contribution in [0.2, 0.25) is 0 Å². The summed E-state index contributed by atoms with van der Waals surface area (Å²) in [4.78, 5) is 17.2. The molecule has 2 heterocycles. The summed E-state index contributed by atoms with van der Waals surface area (Å²) in [6, 6.07) is 12.2. The summed E-state index contributed by atoms with van der Waals surface area (Å²) in [6.45, 7) is 7.67. The summed E-state index contributed by atoms with van der Waals surface area (Å²) in [5.41, 5.74) is 3.02. The molecule has 1 aromatic heterocycles. The molecule has 6 nitrogen and oxygen atoms in total. The number of fused-ring (bicyclic) bond motifs is 1. The van der Waals surface area contributed by atoms with Crippen LogP contribution in [0.3, 0.4) is 0 Å². The van der Waals surface area contributed by atoms with Crippen LogP contribution in [0, 0.1) is 24.1 Å². The van der Waals surface area contributed by atoms with Crippen LogP contribution in [0.1, 0.15) is 49.1 Å². The number of aryl methyl sites for hydroxylation is 1. The Morgan fingerprint density at radius 2 is 2.00 bits per heavy atom. The Kier molecular flexibility index (Phi) is 5.65. The Hall–Kier alpha value is -4.02. The van der Waals surface area contributed by atoms with Crippen molar-refractivity contribution >= 4 is 27.6 Å².